The Balaban J connectivity index is 2.00. The number of halogens is 1. The molecule has 0 atom stereocenters. The van der Waals surface area contributed by atoms with E-state index in [2.05, 4.69) is 27.5 Å². The summed E-state index contributed by atoms with van der Waals surface area (Å²) in [6.45, 7) is 4.77. The number of ether oxygens (including phenoxy) is 1. The lowest BCUT2D eigenvalue weighted by Crippen LogP contribution is -2.33. The van der Waals surface area contributed by atoms with E-state index in [9.17, 15) is 0 Å². The minimum atomic E-state index is 0.242. The lowest BCUT2D eigenvalue weighted by molar-refractivity contribution is 0.0300. The smallest absolute Gasteiger partial charge is 0.224 e. The van der Waals surface area contributed by atoms with Gasteiger partial charge in [0.05, 0.1) is 6.20 Å². The maximum Gasteiger partial charge on any atom is 0.224 e. The highest BCUT2D eigenvalue weighted by Gasteiger charge is 2.27. The summed E-state index contributed by atoms with van der Waals surface area (Å²) in [5.41, 5.74) is 0.242. The normalized spacial score (nSPS) is 18.4. The van der Waals surface area contributed by atoms with E-state index >= 15 is 0 Å². The van der Waals surface area contributed by atoms with Crippen LogP contribution in [0.4, 0.5) is 11.8 Å². The van der Waals surface area contributed by atoms with Crippen LogP contribution in [0.25, 0.3) is 0 Å². The van der Waals surface area contributed by atoms with Gasteiger partial charge >= 0.3 is 0 Å². The summed E-state index contributed by atoms with van der Waals surface area (Å²) in [6.07, 6.45) is 3.72. The van der Waals surface area contributed by atoms with Crippen LogP contribution in [0.15, 0.2) is 6.20 Å². The van der Waals surface area contributed by atoms with Crippen molar-refractivity contribution in [2.24, 2.45) is 5.41 Å². The van der Waals surface area contributed by atoms with Gasteiger partial charge in [-0.05, 0) is 18.3 Å². The third kappa shape index (κ3) is 3.23. The number of nitrogens with zero attached hydrogens (tertiary/aromatic N) is 2. The zero-order valence-corrected chi connectivity index (χ0v) is 11.5. The number of rotatable bonds is 4. The van der Waals surface area contributed by atoms with Crippen molar-refractivity contribution in [3.8, 4) is 0 Å². The Morgan fingerprint density at radius 2 is 2.17 bits per heavy atom. The van der Waals surface area contributed by atoms with Crippen molar-refractivity contribution in [2.75, 3.05) is 37.4 Å². The molecule has 0 aromatic carbocycles. The average molecular weight is 271 g/mol. The van der Waals surface area contributed by atoms with E-state index in [0.717, 1.165) is 32.6 Å². The van der Waals surface area contributed by atoms with Crippen LogP contribution in [-0.2, 0) is 4.74 Å². The van der Waals surface area contributed by atoms with Crippen LogP contribution in [0.2, 0.25) is 5.02 Å². The van der Waals surface area contributed by atoms with Gasteiger partial charge in [0, 0.05) is 26.8 Å². The first-order valence-corrected chi connectivity index (χ1v) is 6.53. The fraction of sp³-hybridized carbons (Fsp3) is 0.667. The van der Waals surface area contributed by atoms with Crippen LogP contribution in [0, 0.1) is 5.41 Å². The first-order chi connectivity index (χ1) is 8.63. The van der Waals surface area contributed by atoms with Crippen LogP contribution in [-0.4, -0.2) is 36.8 Å². The second-order valence-electron chi connectivity index (χ2n) is 4.92. The molecule has 2 heterocycles. The van der Waals surface area contributed by atoms with E-state index in [0.29, 0.717) is 16.8 Å². The van der Waals surface area contributed by atoms with Gasteiger partial charge in [-0.2, -0.15) is 4.98 Å². The molecule has 6 heteroatoms. The molecule has 2 rings (SSSR count). The molecule has 1 aromatic heterocycles. The summed E-state index contributed by atoms with van der Waals surface area (Å²) in [5.74, 6) is 1.25. The van der Waals surface area contributed by atoms with E-state index in [1.165, 1.54) is 0 Å². The topological polar surface area (TPSA) is 59.1 Å². The van der Waals surface area contributed by atoms with Gasteiger partial charge in [-0.3, -0.25) is 0 Å². The predicted molar refractivity (Wildman–Crippen MR) is 73.2 cm³/mol. The second kappa shape index (κ2) is 5.71. The number of nitrogens with one attached hydrogen (secondary N) is 2. The molecular formula is C12H19ClN4O. The quantitative estimate of drug-likeness (QED) is 0.880. The van der Waals surface area contributed by atoms with Crippen LogP contribution in [0.5, 0.6) is 0 Å². The molecule has 1 aliphatic rings. The van der Waals surface area contributed by atoms with Crippen molar-refractivity contribution < 1.29 is 4.74 Å². The Hall–Kier alpha value is -1.07. The molecule has 1 aliphatic heterocycles. The molecule has 0 amide bonds. The largest absolute Gasteiger partial charge is 0.381 e. The number of hydrogen-bond donors (Lipinski definition) is 2. The predicted octanol–water partition coefficient (Wildman–Crippen LogP) is 2.40. The summed E-state index contributed by atoms with van der Waals surface area (Å²) < 4.78 is 5.39. The van der Waals surface area contributed by atoms with Crippen molar-refractivity contribution in [1.82, 2.24) is 9.97 Å². The zero-order chi connectivity index (χ0) is 13.0. The fourth-order valence-electron chi connectivity index (χ4n) is 1.95. The number of anilines is 2. The van der Waals surface area contributed by atoms with E-state index in [-0.39, 0.29) is 5.41 Å². The van der Waals surface area contributed by atoms with Crippen molar-refractivity contribution >= 4 is 23.4 Å². The molecule has 0 radical (unpaired) electrons. The molecule has 1 fully saturated rings. The van der Waals surface area contributed by atoms with E-state index in [4.69, 9.17) is 16.3 Å². The van der Waals surface area contributed by atoms with Crippen LogP contribution < -0.4 is 10.6 Å². The first kappa shape index (κ1) is 13.4. The fourth-order valence-corrected chi connectivity index (χ4v) is 2.11. The molecule has 0 unspecified atom stereocenters. The number of hydrogen-bond acceptors (Lipinski definition) is 5. The van der Waals surface area contributed by atoms with Gasteiger partial charge in [0.1, 0.15) is 5.02 Å². The van der Waals surface area contributed by atoms with E-state index in [1.807, 2.05) is 0 Å². The molecule has 2 N–H and O–H groups in total. The summed E-state index contributed by atoms with van der Waals surface area (Å²) >= 11 is 6.08. The molecule has 18 heavy (non-hydrogen) atoms. The van der Waals surface area contributed by atoms with E-state index < -0.39 is 0 Å². The maximum absolute atomic E-state index is 6.08. The van der Waals surface area contributed by atoms with Gasteiger partial charge in [-0.1, -0.05) is 18.5 Å². The van der Waals surface area contributed by atoms with Crippen LogP contribution >= 0.6 is 11.6 Å². The van der Waals surface area contributed by atoms with Crippen molar-refractivity contribution in [3.05, 3.63) is 11.2 Å². The minimum absolute atomic E-state index is 0.242. The van der Waals surface area contributed by atoms with Crippen LogP contribution in [0.1, 0.15) is 19.8 Å². The van der Waals surface area contributed by atoms with Crippen molar-refractivity contribution in [2.45, 2.75) is 19.8 Å². The molecule has 100 valence electrons. The Morgan fingerprint density at radius 3 is 2.83 bits per heavy atom. The molecule has 1 aromatic rings. The van der Waals surface area contributed by atoms with Gasteiger partial charge in [-0.25, -0.2) is 4.98 Å². The van der Waals surface area contributed by atoms with Crippen LogP contribution in [0.3, 0.4) is 0 Å². The molecule has 0 spiro atoms. The van der Waals surface area contributed by atoms with Gasteiger partial charge in [0.15, 0.2) is 5.82 Å². The second-order valence-corrected chi connectivity index (χ2v) is 5.32. The molecule has 5 nitrogen and oxygen atoms in total. The van der Waals surface area contributed by atoms with Gasteiger partial charge < -0.3 is 15.4 Å². The summed E-state index contributed by atoms with van der Waals surface area (Å²) in [7, 11) is 1.78. The van der Waals surface area contributed by atoms with Gasteiger partial charge in [-0.15, -0.1) is 0 Å². The molecule has 0 saturated carbocycles. The van der Waals surface area contributed by atoms with Crippen molar-refractivity contribution in [1.29, 1.82) is 0 Å². The maximum atomic E-state index is 6.08. The standard InChI is InChI=1S/C12H19ClN4O/c1-12(3-5-18-6-4-12)8-16-10-9(13)7-15-11(14-2)17-10/h7H,3-6,8H2,1-2H3,(H2,14,15,16,17). The lowest BCUT2D eigenvalue weighted by Gasteiger charge is -2.33. The third-order valence-corrected chi connectivity index (χ3v) is 3.63. The third-order valence-electron chi connectivity index (χ3n) is 3.35. The highest BCUT2D eigenvalue weighted by molar-refractivity contribution is 6.32. The summed E-state index contributed by atoms with van der Waals surface area (Å²) in [6, 6.07) is 0. The van der Waals surface area contributed by atoms with E-state index in [1.54, 1.807) is 13.2 Å². The first-order valence-electron chi connectivity index (χ1n) is 6.15. The summed E-state index contributed by atoms with van der Waals surface area (Å²) in [5, 5.41) is 6.77. The monoisotopic (exact) mass is 270 g/mol. The van der Waals surface area contributed by atoms with Gasteiger partial charge in [0.25, 0.3) is 0 Å². The highest BCUT2D eigenvalue weighted by Crippen LogP contribution is 2.30. The number of aromatic nitrogens is 2. The SMILES string of the molecule is CNc1ncc(Cl)c(NCC2(C)CCOCC2)n1. The Morgan fingerprint density at radius 1 is 1.44 bits per heavy atom. The lowest BCUT2D eigenvalue weighted by atomic mass is 9.82. The highest BCUT2D eigenvalue weighted by atomic mass is 35.5. The minimum Gasteiger partial charge on any atom is -0.381 e. The zero-order valence-electron chi connectivity index (χ0n) is 10.8. The Bertz CT molecular complexity index is 407. The molecule has 0 bridgehead atoms. The molecule has 0 aliphatic carbocycles. The molecular weight excluding hydrogens is 252 g/mol. The molecule has 1 saturated heterocycles. The summed E-state index contributed by atoms with van der Waals surface area (Å²) in [4.78, 5) is 8.37. The van der Waals surface area contributed by atoms with Gasteiger partial charge in [0.2, 0.25) is 5.95 Å². The average Bonchev–Trinajstić information content (AvgIpc) is 2.39. The Kier molecular flexibility index (Phi) is 4.24. The van der Waals surface area contributed by atoms with Crippen molar-refractivity contribution in [3.63, 3.8) is 0 Å². The Labute approximate surface area is 112 Å².